The van der Waals surface area contributed by atoms with Crippen LogP contribution < -0.4 is 0 Å². The number of rotatable bonds is 2. The molecule has 0 aliphatic carbocycles. The number of hydrogen-bond acceptors (Lipinski definition) is 0. The zero-order valence-corrected chi connectivity index (χ0v) is 7.74. The summed E-state index contributed by atoms with van der Waals surface area (Å²) in [6.45, 7) is 4.92. The van der Waals surface area contributed by atoms with Crippen LogP contribution in [0.15, 0.2) is 0 Å². The molecule has 1 heterocycles. The van der Waals surface area contributed by atoms with Crippen LogP contribution in [0.2, 0.25) is 0 Å². The Morgan fingerprint density at radius 3 is 2.22 bits per heavy atom. The average molecular weight is 146 g/mol. The van der Waals surface area contributed by atoms with Crippen molar-refractivity contribution in [1.82, 2.24) is 0 Å². The van der Waals surface area contributed by atoms with Crippen LogP contribution in [0.25, 0.3) is 0 Å². The molecule has 0 atom stereocenters. The van der Waals surface area contributed by atoms with Crippen LogP contribution in [0.1, 0.15) is 26.2 Å². The van der Waals surface area contributed by atoms with Gasteiger partial charge in [0.25, 0.3) is 0 Å². The van der Waals surface area contributed by atoms with Crippen molar-refractivity contribution < 1.29 is 0 Å². The second kappa shape index (κ2) is 3.01. The van der Waals surface area contributed by atoms with E-state index in [2.05, 4.69) is 13.6 Å². The van der Waals surface area contributed by atoms with E-state index >= 15 is 0 Å². The molecule has 0 N–H and O–H groups in total. The van der Waals surface area contributed by atoms with Gasteiger partial charge >= 0.3 is 58.6 Å². The molecule has 1 heteroatoms. The molecule has 56 valence electrons. The van der Waals surface area contributed by atoms with Gasteiger partial charge in [-0.3, -0.25) is 0 Å². The van der Waals surface area contributed by atoms with Gasteiger partial charge in [0.15, 0.2) is 0 Å². The molecule has 0 aromatic carbocycles. The fourth-order valence-electron chi connectivity index (χ4n) is 2.08. The first kappa shape index (κ1) is 7.54. The van der Waals surface area contributed by atoms with Gasteiger partial charge in [0, 0.05) is 0 Å². The molecule has 0 aromatic heterocycles. The summed E-state index contributed by atoms with van der Waals surface area (Å²) < 4.78 is 0. The van der Waals surface area contributed by atoms with E-state index in [-0.39, 0.29) is 0 Å². The average Bonchev–Trinajstić information content (AvgIpc) is 2.16. The second-order valence-corrected chi connectivity index (χ2v) is 8.89. The fraction of sp³-hybridized carbons (Fsp3) is 1.00. The molecule has 1 saturated heterocycles. The first-order chi connectivity index (χ1) is 4.27. The van der Waals surface area contributed by atoms with Gasteiger partial charge in [-0.05, 0) is 0 Å². The molecule has 0 saturated carbocycles. The Balaban J connectivity index is 2.32. The van der Waals surface area contributed by atoms with E-state index < -0.39 is 7.26 Å². The van der Waals surface area contributed by atoms with Crippen LogP contribution in [0.4, 0.5) is 0 Å². The van der Waals surface area contributed by atoms with Crippen LogP contribution in [0.5, 0.6) is 0 Å². The first-order valence-corrected chi connectivity index (χ1v) is 7.39. The molecule has 1 rings (SSSR count). The predicted molar refractivity (Wildman–Crippen MR) is 48.4 cm³/mol. The van der Waals surface area contributed by atoms with E-state index in [9.17, 15) is 0 Å². The summed E-state index contributed by atoms with van der Waals surface area (Å²) in [7, 11) is -0.586. The van der Waals surface area contributed by atoms with Gasteiger partial charge in [-0.1, -0.05) is 0 Å². The van der Waals surface area contributed by atoms with Crippen LogP contribution in [-0.4, -0.2) is 25.2 Å². The van der Waals surface area contributed by atoms with E-state index in [4.69, 9.17) is 0 Å². The van der Waals surface area contributed by atoms with Crippen molar-refractivity contribution in [3.8, 4) is 0 Å². The summed E-state index contributed by atoms with van der Waals surface area (Å²) in [4.78, 5) is 0. The summed E-state index contributed by atoms with van der Waals surface area (Å²) in [5.74, 6) is 0. The zero-order valence-electron chi connectivity index (χ0n) is 6.74. The van der Waals surface area contributed by atoms with E-state index in [1.165, 1.54) is 6.42 Å². The van der Waals surface area contributed by atoms with E-state index in [0.717, 1.165) is 0 Å². The molecule has 0 spiro atoms. The third-order valence-corrected chi connectivity index (χ3v) is 7.49. The summed E-state index contributed by atoms with van der Waals surface area (Å²) >= 11 is 0. The maximum atomic E-state index is 2.59. The summed E-state index contributed by atoms with van der Waals surface area (Å²) in [5.41, 5.74) is 0. The van der Waals surface area contributed by atoms with Gasteiger partial charge in [-0.15, -0.1) is 0 Å². The molecule has 1 aliphatic heterocycles. The number of hydrogen-bond donors (Lipinski definition) is 0. The van der Waals surface area contributed by atoms with Crippen LogP contribution in [0.3, 0.4) is 0 Å². The van der Waals surface area contributed by atoms with E-state index in [1.807, 2.05) is 0 Å². The van der Waals surface area contributed by atoms with Crippen molar-refractivity contribution in [2.24, 2.45) is 0 Å². The second-order valence-electron chi connectivity index (χ2n) is 3.77. The molecule has 0 amide bonds. The third kappa shape index (κ3) is 1.93. The van der Waals surface area contributed by atoms with Gasteiger partial charge in [0.1, 0.15) is 0 Å². The topological polar surface area (TPSA) is 0 Å². The predicted octanol–water partition coefficient (Wildman–Crippen LogP) is 2.57. The molecule has 9 heavy (non-hydrogen) atoms. The molecule has 1 aliphatic rings. The SMILES string of the molecule is CCC[PH]1(C)CCCC1. The van der Waals surface area contributed by atoms with Gasteiger partial charge in [0.05, 0.1) is 0 Å². The molecule has 0 aromatic rings. The van der Waals surface area contributed by atoms with Crippen molar-refractivity contribution >= 4 is 7.26 Å². The third-order valence-electron chi connectivity index (χ3n) is 2.66. The summed E-state index contributed by atoms with van der Waals surface area (Å²) in [5, 5.41) is 0. The molecule has 0 bridgehead atoms. The molecular formula is C8H19P. The maximum absolute atomic E-state index is 2.59. The molecule has 0 radical (unpaired) electrons. The Hall–Kier alpha value is 0.430. The zero-order chi connectivity index (χ0) is 6.74. The fourth-order valence-corrected chi connectivity index (χ4v) is 6.25. The summed E-state index contributed by atoms with van der Waals surface area (Å²) in [6.07, 6.45) is 9.36. The standard InChI is InChI=1S/C8H19P/c1-3-6-9(2)7-4-5-8-9/h9H,3-8H2,1-2H3. The van der Waals surface area contributed by atoms with Crippen molar-refractivity contribution in [3.63, 3.8) is 0 Å². The van der Waals surface area contributed by atoms with Crippen molar-refractivity contribution in [1.29, 1.82) is 0 Å². The summed E-state index contributed by atoms with van der Waals surface area (Å²) in [6, 6.07) is 0. The van der Waals surface area contributed by atoms with Crippen LogP contribution in [0, 0.1) is 0 Å². The Morgan fingerprint density at radius 1 is 1.22 bits per heavy atom. The first-order valence-electron chi connectivity index (χ1n) is 4.27. The van der Waals surface area contributed by atoms with Crippen molar-refractivity contribution in [2.45, 2.75) is 26.2 Å². The Morgan fingerprint density at radius 2 is 1.78 bits per heavy atom. The molecule has 1 fully saturated rings. The Kier molecular flexibility index (Phi) is 2.52. The molecule has 0 unspecified atom stereocenters. The van der Waals surface area contributed by atoms with Crippen LogP contribution >= 0.6 is 7.26 Å². The van der Waals surface area contributed by atoms with Gasteiger partial charge < -0.3 is 0 Å². The van der Waals surface area contributed by atoms with Crippen LogP contribution in [-0.2, 0) is 0 Å². The Bertz CT molecular complexity index is 82.6. The van der Waals surface area contributed by atoms with Crippen molar-refractivity contribution in [3.05, 3.63) is 0 Å². The van der Waals surface area contributed by atoms with E-state index in [1.54, 1.807) is 31.3 Å². The molecule has 0 nitrogen and oxygen atoms in total. The molecular weight excluding hydrogens is 127 g/mol. The quantitative estimate of drug-likeness (QED) is 0.525. The minimum absolute atomic E-state index is 0.586. The van der Waals surface area contributed by atoms with Gasteiger partial charge in [0.2, 0.25) is 0 Å². The minimum atomic E-state index is -0.586. The van der Waals surface area contributed by atoms with Crippen molar-refractivity contribution in [2.75, 3.05) is 25.2 Å². The van der Waals surface area contributed by atoms with Gasteiger partial charge in [-0.2, -0.15) is 0 Å². The normalized spacial score (nSPS) is 28.2. The van der Waals surface area contributed by atoms with E-state index in [0.29, 0.717) is 0 Å². The van der Waals surface area contributed by atoms with Gasteiger partial charge in [-0.25, -0.2) is 0 Å². The Labute approximate surface area is 59.4 Å². The monoisotopic (exact) mass is 146 g/mol.